The Balaban J connectivity index is 1.66. The summed E-state index contributed by atoms with van der Waals surface area (Å²) in [4.78, 5) is 13.2. The maximum absolute atomic E-state index is 13.8. The van der Waals surface area contributed by atoms with Gasteiger partial charge in [0.15, 0.2) is 0 Å². The van der Waals surface area contributed by atoms with E-state index in [1.54, 1.807) is 31.3 Å². The number of Topliss-reactive ketones (excluding diaryl/α,β-unsaturated/α-hetero) is 1. The number of carbonyl (C=O) groups excluding carboxylic acids is 1. The third-order valence-corrected chi connectivity index (χ3v) is 6.53. The van der Waals surface area contributed by atoms with Crippen LogP contribution in [-0.4, -0.2) is 17.4 Å². The van der Waals surface area contributed by atoms with Crippen LogP contribution in [0.5, 0.6) is 0 Å². The minimum atomic E-state index is -1.71. The molecule has 1 unspecified atom stereocenters. The van der Waals surface area contributed by atoms with E-state index in [1.807, 2.05) is 30.3 Å². The van der Waals surface area contributed by atoms with Crippen molar-refractivity contribution in [3.8, 4) is 11.8 Å². The van der Waals surface area contributed by atoms with E-state index in [2.05, 4.69) is 11.8 Å². The largest absolute Gasteiger partial charge is 0.588 e. The molecular weight excluding hydrogens is 433 g/mol. The Morgan fingerprint density at radius 3 is 2.65 bits per heavy atom. The summed E-state index contributed by atoms with van der Waals surface area (Å²) in [5, 5.41) is -0.0144. The van der Waals surface area contributed by atoms with Crippen molar-refractivity contribution in [2.24, 2.45) is 0 Å². The molecule has 0 aromatic heterocycles. The molecule has 0 radical (unpaired) electrons. The van der Waals surface area contributed by atoms with Crippen LogP contribution in [0.1, 0.15) is 27.0 Å². The van der Waals surface area contributed by atoms with Crippen LogP contribution >= 0.6 is 11.6 Å². The van der Waals surface area contributed by atoms with E-state index < -0.39 is 17.2 Å². The SMILES string of the molecule is CN1c2ccc(C#CCc3ccccc3)cc2C(=O)/C(=C/c2ccc(Cl)c(F)c2)[S+]1[O-]. The number of benzene rings is 3. The molecule has 3 nitrogen and oxygen atoms in total. The van der Waals surface area contributed by atoms with Gasteiger partial charge in [-0.1, -0.05) is 59.8 Å². The summed E-state index contributed by atoms with van der Waals surface area (Å²) < 4.78 is 28.2. The quantitative estimate of drug-likeness (QED) is 0.298. The Kier molecular flexibility index (Phi) is 6.15. The van der Waals surface area contributed by atoms with Crippen LogP contribution in [0.25, 0.3) is 6.08 Å². The topological polar surface area (TPSA) is 43.4 Å². The first kappa shape index (κ1) is 21.2. The van der Waals surface area contributed by atoms with Crippen molar-refractivity contribution in [3.63, 3.8) is 0 Å². The van der Waals surface area contributed by atoms with Crippen molar-refractivity contribution in [1.82, 2.24) is 0 Å². The summed E-state index contributed by atoms with van der Waals surface area (Å²) in [5.74, 6) is 5.24. The molecule has 0 bridgehead atoms. The number of nitrogens with zero attached hydrogens (tertiary/aromatic N) is 1. The molecule has 6 heteroatoms. The van der Waals surface area contributed by atoms with Crippen LogP contribution in [0.3, 0.4) is 0 Å². The van der Waals surface area contributed by atoms with Gasteiger partial charge in [-0.3, -0.25) is 4.79 Å². The maximum atomic E-state index is 13.8. The second-order valence-electron chi connectivity index (χ2n) is 6.95. The van der Waals surface area contributed by atoms with E-state index in [0.717, 1.165) is 5.56 Å². The summed E-state index contributed by atoms with van der Waals surface area (Å²) in [5.41, 5.74) is 3.19. The lowest BCUT2D eigenvalue weighted by atomic mass is 10.0. The number of ketones is 1. The maximum Gasteiger partial charge on any atom is 0.245 e. The number of hydrogen-bond acceptors (Lipinski definition) is 3. The molecule has 3 aromatic rings. The number of carbonyl (C=O) groups is 1. The molecular formula is C25H17ClFNO2S. The van der Waals surface area contributed by atoms with Crippen molar-refractivity contribution in [2.45, 2.75) is 6.42 Å². The zero-order valence-electron chi connectivity index (χ0n) is 16.6. The lowest BCUT2D eigenvalue weighted by molar-refractivity contribution is 0.104. The lowest BCUT2D eigenvalue weighted by Crippen LogP contribution is -2.36. The molecule has 0 N–H and O–H groups in total. The normalized spacial score (nSPS) is 16.6. The van der Waals surface area contributed by atoms with Gasteiger partial charge in [0, 0.05) is 18.1 Å². The van der Waals surface area contributed by atoms with Crippen molar-refractivity contribution >= 4 is 40.5 Å². The molecule has 1 atom stereocenters. The molecule has 0 spiro atoms. The molecule has 1 aliphatic heterocycles. The average Bonchev–Trinajstić information content (AvgIpc) is 2.78. The standard InChI is InChI=1S/C25H17ClFNO2S/c1-28-23-13-11-18(9-5-8-17-6-3-2-4-7-17)14-20(23)25(29)24(31(28)30)16-19-10-12-21(26)22(27)15-19/h2-4,6-7,10-16H,8H2,1H3/b24-16-. The predicted molar refractivity (Wildman–Crippen MR) is 124 cm³/mol. The number of hydrogen-bond donors (Lipinski definition) is 0. The smallest absolute Gasteiger partial charge is 0.245 e. The molecule has 154 valence electrons. The van der Waals surface area contributed by atoms with E-state index >= 15 is 0 Å². The van der Waals surface area contributed by atoms with Crippen molar-refractivity contribution in [2.75, 3.05) is 11.4 Å². The first-order chi connectivity index (χ1) is 14.9. The Bertz CT molecular complexity index is 1250. The van der Waals surface area contributed by atoms with E-state index in [-0.39, 0.29) is 15.7 Å². The van der Waals surface area contributed by atoms with Gasteiger partial charge in [0.2, 0.25) is 10.7 Å². The van der Waals surface area contributed by atoms with Gasteiger partial charge in [0.05, 0.1) is 23.3 Å². The minimum absolute atomic E-state index is 0.0144. The molecule has 3 aromatic carbocycles. The summed E-state index contributed by atoms with van der Waals surface area (Å²) in [6, 6.07) is 19.3. The zero-order chi connectivity index (χ0) is 22.0. The zero-order valence-corrected chi connectivity index (χ0v) is 18.1. The monoisotopic (exact) mass is 449 g/mol. The van der Waals surface area contributed by atoms with Gasteiger partial charge in [-0.05, 0) is 41.5 Å². The Labute approximate surface area is 188 Å². The lowest BCUT2D eigenvalue weighted by Gasteiger charge is -2.29. The summed E-state index contributed by atoms with van der Waals surface area (Å²) >= 11 is 4.02. The third-order valence-electron chi connectivity index (χ3n) is 4.85. The van der Waals surface area contributed by atoms with Gasteiger partial charge in [0.25, 0.3) is 0 Å². The van der Waals surface area contributed by atoms with E-state index in [9.17, 15) is 13.7 Å². The van der Waals surface area contributed by atoms with Crippen molar-refractivity contribution in [1.29, 1.82) is 0 Å². The van der Waals surface area contributed by atoms with Crippen molar-refractivity contribution in [3.05, 3.63) is 105 Å². The van der Waals surface area contributed by atoms with E-state index in [1.165, 1.54) is 22.5 Å². The van der Waals surface area contributed by atoms with Gasteiger partial charge in [-0.25, -0.2) is 4.39 Å². The van der Waals surface area contributed by atoms with E-state index in [4.69, 9.17) is 11.6 Å². The van der Waals surface area contributed by atoms with Gasteiger partial charge in [0.1, 0.15) is 17.2 Å². The highest BCUT2D eigenvalue weighted by molar-refractivity contribution is 7.97. The first-order valence-electron chi connectivity index (χ1n) is 9.48. The fraction of sp³-hybridized carbons (Fsp3) is 0.0800. The van der Waals surface area contributed by atoms with Gasteiger partial charge >= 0.3 is 0 Å². The first-order valence-corrected chi connectivity index (χ1v) is 11.0. The van der Waals surface area contributed by atoms with Crippen LogP contribution in [0.4, 0.5) is 10.1 Å². The number of anilines is 1. The van der Waals surface area contributed by atoms with Crippen LogP contribution in [0.15, 0.2) is 71.6 Å². The fourth-order valence-electron chi connectivity index (χ4n) is 3.23. The van der Waals surface area contributed by atoms with Crippen LogP contribution in [0, 0.1) is 17.7 Å². The number of allylic oxidation sites excluding steroid dienone is 1. The fourth-order valence-corrected chi connectivity index (χ4v) is 4.49. The minimum Gasteiger partial charge on any atom is -0.588 e. The molecule has 4 rings (SSSR count). The van der Waals surface area contributed by atoms with Gasteiger partial charge in [-0.15, -0.1) is 0 Å². The summed E-state index contributed by atoms with van der Waals surface area (Å²) in [6.45, 7) is 0. The number of fused-ring (bicyclic) bond motifs is 1. The molecule has 0 saturated heterocycles. The number of halogens is 2. The van der Waals surface area contributed by atoms with Crippen LogP contribution in [-0.2, 0) is 17.8 Å². The molecule has 1 aliphatic rings. The van der Waals surface area contributed by atoms with E-state index in [0.29, 0.717) is 28.8 Å². The molecule has 0 amide bonds. The van der Waals surface area contributed by atoms with Gasteiger partial charge in [-0.2, -0.15) is 4.31 Å². The van der Waals surface area contributed by atoms with Crippen molar-refractivity contribution < 1.29 is 13.7 Å². The Morgan fingerprint density at radius 1 is 1.13 bits per heavy atom. The third kappa shape index (κ3) is 4.52. The average molecular weight is 450 g/mol. The number of rotatable bonds is 2. The molecule has 0 fully saturated rings. The summed E-state index contributed by atoms with van der Waals surface area (Å²) in [6.07, 6.45) is 2.04. The highest BCUT2D eigenvalue weighted by Crippen LogP contribution is 2.35. The molecule has 1 heterocycles. The van der Waals surface area contributed by atoms with Gasteiger partial charge < -0.3 is 4.55 Å². The predicted octanol–water partition coefficient (Wildman–Crippen LogP) is 5.41. The Morgan fingerprint density at radius 2 is 1.90 bits per heavy atom. The second-order valence-corrected chi connectivity index (χ2v) is 8.85. The highest BCUT2D eigenvalue weighted by atomic mass is 35.5. The highest BCUT2D eigenvalue weighted by Gasteiger charge is 2.38. The van der Waals surface area contributed by atoms with Crippen LogP contribution < -0.4 is 4.31 Å². The molecule has 0 saturated carbocycles. The molecule has 31 heavy (non-hydrogen) atoms. The molecule has 0 aliphatic carbocycles. The Hall–Kier alpha value is -3.04. The van der Waals surface area contributed by atoms with Crippen LogP contribution in [0.2, 0.25) is 5.02 Å². The second kappa shape index (κ2) is 8.99. The summed E-state index contributed by atoms with van der Waals surface area (Å²) in [7, 11) is 1.65.